The van der Waals surface area contributed by atoms with Crippen LogP contribution in [0.25, 0.3) is 0 Å². The number of anilines is 1. The number of carbonyl (C=O) groups excluding carboxylic acids is 1. The molecule has 2 aliphatic rings. The fraction of sp³-hybridized carbons (Fsp3) is 0.750. The molecule has 1 saturated heterocycles. The zero-order valence-corrected chi connectivity index (χ0v) is 11.0. The molecule has 0 radical (unpaired) electrons. The molecule has 1 aromatic rings. The van der Waals surface area contributed by atoms with Crippen LogP contribution in [0.3, 0.4) is 0 Å². The number of carbonyl (C=O) groups is 1. The third-order valence-corrected chi connectivity index (χ3v) is 4.33. The molecule has 1 aliphatic carbocycles. The van der Waals surface area contributed by atoms with Gasteiger partial charge in [-0.25, -0.2) is 0 Å². The third kappa shape index (κ3) is 3.05. The lowest BCUT2D eigenvalue weighted by Gasteiger charge is -2.07. The van der Waals surface area contributed by atoms with E-state index in [-0.39, 0.29) is 12.0 Å². The second-order valence-electron chi connectivity index (χ2n) is 4.94. The van der Waals surface area contributed by atoms with E-state index in [0.29, 0.717) is 17.5 Å². The fourth-order valence-electron chi connectivity index (χ4n) is 2.13. The van der Waals surface area contributed by atoms with E-state index in [2.05, 4.69) is 15.5 Å². The van der Waals surface area contributed by atoms with Gasteiger partial charge in [0, 0.05) is 18.9 Å². The smallest absolute Gasteiger partial charge is 0.226 e. The van der Waals surface area contributed by atoms with E-state index in [4.69, 9.17) is 4.74 Å². The van der Waals surface area contributed by atoms with Crippen molar-refractivity contribution in [1.29, 1.82) is 0 Å². The van der Waals surface area contributed by atoms with Crippen molar-refractivity contribution in [3.05, 3.63) is 5.01 Å². The quantitative estimate of drug-likeness (QED) is 0.889. The largest absolute Gasteiger partial charge is 0.378 e. The van der Waals surface area contributed by atoms with Gasteiger partial charge in [-0.3, -0.25) is 4.79 Å². The molecule has 1 saturated carbocycles. The fourth-order valence-corrected chi connectivity index (χ4v) is 3.05. The van der Waals surface area contributed by atoms with Crippen LogP contribution < -0.4 is 5.32 Å². The van der Waals surface area contributed by atoms with Gasteiger partial charge in [-0.1, -0.05) is 11.3 Å². The number of nitrogens with one attached hydrogen (secondary N) is 1. The molecule has 1 aromatic heterocycles. The van der Waals surface area contributed by atoms with E-state index in [1.54, 1.807) is 0 Å². The van der Waals surface area contributed by atoms with Crippen molar-refractivity contribution >= 4 is 22.4 Å². The molecule has 1 N–H and O–H groups in total. The second kappa shape index (κ2) is 5.32. The van der Waals surface area contributed by atoms with Gasteiger partial charge in [0.25, 0.3) is 0 Å². The van der Waals surface area contributed by atoms with Crippen LogP contribution in [0.5, 0.6) is 0 Å². The molecule has 18 heavy (non-hydrogen) atoms. The summed E-state index contributed by atoms with van der Waals surface area (Å²) in [6.45, 7) is 0.841. The Morgan fingerprint density at radius 2 is 2.28 bits per heavy atom. The van der Waals surface area contributed by atoms with Gasteiger partial charge in [-0.2, -0.15) is 0 Å². The van der Waals surface area contributed by atoms with Gasteiger partial charge in [0.1, 0.15) is 5.01 Å². The van der Waals surface area contributed by atoms with E-state index in [1.807, 2.05) is 0 Å². The Morgan fingerprint density at radius 1 is 1.39 bits per heavy atom. The van der Waals surface area contributed by atoms with Crippen LogP contribution in [-0.2, 0) is 9.53 Å². The Morgan fingerprint density at radius 3 is 3.00 bits per heavy atom. The molecule has 1 unspecified atom stereocenters. The standard InChI is InChI=1S/C12H17N3O2S/c16-10(6-5-9-2-1-7-17-9)13-12-15-14-11(18-12)8-3-4-8/h8-9H,1-7H2,(H,13,15,16). The number of rotatable bonds is 5. The minimum absolute atomic E-state index is 0.0176. The molecule has 98 valence electrons. The first kappa shape index (κ1) is 12.0. The predicted octanol–water partition coefficient (Wildman–Crippen LogP) is 2.31. The second-order valence-corrected chi connectivity index (χ2v) is 5.95. The number of aromatic nitrogens is 2. The van der Waals surface area contributed by atoms with Gasteiger partial charge >= 0.3 is 0 Å². The molecule has 0 spiro atoms. The molecule has 5 nitrogen and oxygen atoms in total. The van der Waals surface area contributed by atoms with Crippen molar-refractivity contribution in [3.63, 3.8) is 0 Å². The highest BCUT2D eigenvalue weighted by atomic mass is 32.1. The highest BCUT2D eigenvalue weighted by Gasteiger charge is 2.27. The topological polar surface area (TPSA) is 64.1 Å². The Bertz CT molecular complexity index is 425. The van der Waals surface area contributed by atoms with E-state index in [1.165, 1.54) is 24.2 Å². The van der Waals surface area contributed by atoms with E-state index in [0.717, 1.165) is 30.9 Å². The van der Waals surface area contributed by atoms with E-state index in [9.17, 15) is 4.79 Å². The van der Waals surface area contributed by atoms with E-state index < -0.39 is 0 Å². The molecular weight excluding hydrogens is 250 g/mol. The average Bonchev–Trinajstić information content (AvgIpc) is 2.90. The number of hydrogen-bond donors (Lipinski definition) is 1. The Balaban J connectivity index is 1.44. The molecule has 0 aromatic carbocycles. The first-order valence-electron chi connectivity index (χ1n) is 6.56. The summed E-state index contributed by atoms with van der Waals surface area (Å²) in [4.78, 5) is 11.7. The maximum Gasteiger partial charge on any atom is 0.226 e. The third-order valence-electron chi connectivity index (χ3n) is 3.33. The van der Waals surface area contributed by atoms with Crippen LogP contribution in [0.15, 0.2) is 0 Å². The highest BCUT2D eigenvalue weighted by Crippen LogP contribution is 2.42. The summed E-state index contributed by atoms with van der Waals surface area (Å²) in [6.07, 6.45) is 6.20. The molecule has 1 amide bonds. The maximum absolute atomic E-state index is 11.7. The molecule has 0 bridgehead atoms. The van der Waals surface area contributed by atoms with Crippen LogP contribution in [-0.4, -0.2) is 28.8 Å². The van der Waals surface area contributed by atoms with Gasteiger partial charge in [0.15, 0.2) is 0 Å². The molecule has 2 fully saturated rings. The van der Waals surface area contributed by atoms with Gasteiger partial charge in [0.2, 0.25) is 11.0 Å². The van der Waals surface area contributed by atoms with Gasteiger partial charge in [-0.05, 0) is 32.1 Å². The van der Waals surface area contributed by atoms with E-state index >= 15 is 0 Å². The zero-order valence-electron chi connectivity index (χ0n) is 10.2. The van der Waals surface area contributed by atoms with Crippen molar-refractivity contribution in [2.45, 2.75) is 50.5 Å². The van der Waals surface area contributed by atoms with Gasteiger partial charge in [-0.15, -0.1) is 10.2 Å². The zero-order chi connectivity index (χ0) is 12.4. The minimum atomic E-state index is 0.0176. The Labute approximate surface area is 110 Å². The lowest BCUT2D eigenvalue weighted by molar-refractivity contribution is -0.116. The van der Waals surface area contributed by atoms with Crippen LogP contribution in [0.2, 0.25) is 0 Å². The van der Waals surface area contributed by atoms with Crippen molar-refractivity contribution in [3.8, 4) is 0 Å². The summed E-state index contributed by atoms with van der Waals surface area (Å²) in [5.41, 5.74) is 0. The van der Waals surface area contributed by atoms with Crippen LogP contribution in [0, 0.1) is 0 Å². The minimum Gasteiger partial charge on any atom is -0.378 e. The number of nitrogens with zero attached hydrogens (tertiary/aromatic N) is 2. The first-order chi connectivity index (χ1) is 8.81. The molecule has 3 rings (SSSR count). The van der Waals surface area contributed by atoms with Crippen LogP contribution in [0.1, 0.15) is 49.5 Å². The van der Waals surface area contributed by atoms with Crippen molar-refractivity contribution in [1.82, 2.24) is 10.2 Å². The van der Waals surface area contributed by atoms with Gasteiger partial charge < -0.3 is 10.1 Å². The van der Waals surface area contributed by atoms with Crippen LogP contribution >= 0.6 is 11.3 Å². The lowest BCUT2D eigenvalue weighted by atomic mass is 10.1. The molecule has 2 heterocycles. The summed E-state index contributed by atoms with van der Waals surface area (Å²) >= 11 is 1.50. The average molecular weight is 267 g/mol. The summed E-state index contributed by atoms with van der Waals surface area (Å²) in [5.74, 6) is 0.615. The summed E-state index contributed by atoms with van der Waals surface area (Å²) in [6, 6.07) is 0. The summed E-state index contributed by atoms with van der Waals surface area (Å²) in [7, 11) is 0. The first-order valence-corrected chi connectivity index (χ1v) is 7.38. The van der Waals surface area contributed by atoms with Gasteiger partial charge in [0.05, 0.1) is 6.10 Å². The predicted molar refractivity (Wildman–Crippen MR) is 68.7 cm³/mol. The summed E-state index contributed by atoms with van der Waals surface area (Å²) in [5, 5.41) is 12.6. The summed E-state index contributed by atoms with van der Waals surface area (Å²) < 4.78 is 5.49. The monoisotopic (exact) mass is 267 g/mol. The molecule has 1 atom stereocenters. The normalized spacial score (nSPS) is 23.2. The Hall–Kier alpha value is -1.01. The molecular formula is C12H17N3O2S. The number of hydrogen-bond acceptors (Lipinski definition) is 5. The van der Waals surface area contributed by atoms with Crippen LogP contribution in [0.4, 0.5) is 5.13 Å². The van der Waals surface area contributed by atoms with Crippen molar-refractivity contribution in [2.75, 3.05) is 11.9 Å². The lowest BCUT2D eigenvalue weighted by Crippen LogP contribution is -2.15. The molecule has 6 heteroatoms. The number of ether oxygens (including phenoxy) is 1. The maximum atomic E-state index is 11.7. The number of amides is 1. The SMILES string of the molecule is O=C(CCC1CCCO1)Nc1nnc(C2CC2)s1. The van der Waals surface area contributed by atoms with Crippen molar-refractivity contribution in [2.24, 2.45) is 0 Å². The Kier molecular flexibility index (Phi) is 3.56. The van der Waals surface area contributed by atoms with Crippen molar-refractivity contribution < 1.29 is 9.53 Å². The molecule has 1 aliphatic heterocycles. The highest BCUT2D eigenvalue weighted by molar-refractivity contribution is 7.15.